The fourth-order valence-corrected chi connectivity index (χ4v) is 1.83. The number of carbonyl (C=O) groups is 1. The monoisotopic (exact) mass is 269 g/mol. The predicted octanol–water partition coefficient (Wildman–Crippen LogP) is -1.04. The molecule has 19 heavy (non-hydrogen) atoms. The van der Waals surface area contributed by atoms with Gasteiger partial charge in [0, 0.05) is 13.1 Å². The molecule has 8 nitrogen and oxygen atoms in total. The molecule has 0 aliphatic carbocycles. The number of morpholine rings is 1. The van der Waals surface area contributed by atoms with Crippen LogP contribution in [0.15, 0.2) is 10.9 Å². The van der Waals surface area contributed by atoms with Crippen molar-refractivity contribution in [2.75, 3.05) is 38.3 Å². The van der Waals surface area contributed by atoms with Gasteiger partial charge in [-0.3, -0.25) is 14.2 Å². The fourth-order valence-electron chi connectivity index (χ4n) is 1.83. The Balaban J connectivity index is 2.38. The Hall–Kier alpha value is -2.09. The topological polar surface area (TPSA) is 93.9 Å². The molecular formula is C11H15N3O5. The van der Waals surface area contributed by atoms with Gasteiger partial charge in [0.25, 0.3) is 5.56 Å². The number of hydrogen-bond acceptors (Lipinski definition) is 7. The smallest absolute Gasteiger partial charge is 0.325 e. The van der Waals surface area contributed by atoms with Gasteiger partial charge in [0.2, 0.25) is 5.95 Å². The molecule has 0 atom stereocenters. The number of hydrogen-bond donors (Lipinski definition) is 1. The Morgan fingerprint density at radius 3 is 2.84 bits per heavy atom. The van der Waals surface area contributed by atoms with Crippen molar-refractivity contribution in [3.05, 3.63) is 16.4 Å². The van der Waals surface area contributed by atoms with E-state index in [4.69, 9.17) is 4.74 Å². The van der Waals surface area contributed by atoms with E-state index >= 15 is 0 Å². The molecule has 0 aromatic carbocycles. The molecule has 1 aliphatic rings. The summed E-state index contributed by atoms with van der Waals surface area (Å²) in [4.78, 5) is 28.4. The standard InChI is InChI=1S/C11H15N3O5/c1-18-10(17)7-14-9(16)6-8(15)12-11(14)13-2-4-19-5-3-13/h6,16H,2-5,7H2,1H3. The maximum absolute atomic E-state index is 11.4. The number of methoxy groups -OCH3 is 1. The lowest BCUT2D eigenvalue weighted by Gasteiger charge is -2.29. The molecule has 104 valence electrons. The van der Waals surface area contributed by atoms with Gasteiger partial charge in [-0.25, -0.2) is 0 Å². The van der Waals surface area contributed by atoms with Gasteiger partial charge >= 0.3 is 5.97 Å². The number of anilines is 1. The average molecular weight is 269 g/mol. The van der Waals surface area contributed by atoms with Gasteiger partial charge in [-0.2, -0.15) is 4.98 Å². The Kier molecular flexibility index (Phi) is 4.00. The molecule has 1 fully saturated rings. The first kappa shape index (κ1) is 13.3. The van der Waals surface area contributed by atoms with Crippen molar-refractivity contribution in [1.29, 1.82) is 0 Å². The van der Waals surface area contributed by atoms with E-state index in [1.54, 1.807) is 4.90 Å². The van der Waals surface area contributed by atoms with Crippen LogP contribution in [0.25, 0.3) is 0 Å². The zero-order chi connectivity index (χ0) is 13.8. The highest BCUT2D eigenvalue weighted by Gasteiger charge is 2.20. The summed E-state index contributed by atoms with van der Waals surface area (Å²) < 4.78 is 11.0. The molecule has 1 aromatic rings. The van der Waals surface area contributed by atoms with Crippen LogP contribution >= 0.6 is 0 Å². The van der Waals surface area contributed by atoms with Crippen LogP contribution in [-0.2, 0) is 20.8 Å². The van der Waals surface area contributed by atoms with Crippen molar-refractivity contribution >= 4 is 11.9 Å². The Labute approximate surface area is 109 Å². The van der Waals surface area contributed by atoms with E-state index < -0.39 is 11.5 Å². The summed E-state index contributed by atoms with van der Waals surface area (Å²) >= 11 is 0. The van der Waals surface area contributed by atoms with Crippen LogP contribution in [0.2, 0.25) is 0 Å². The van der Waals surface area contributed by atoms with Gasteiger partial charge in [0.05, 0.1) is 26.4 Å². The second kappa shape index (κ2) is 5.70. The summed E-state index contributed by atoms with van der Waals surface area (Å²) in [6, 6.07) is 0.965. The molecule has 1 aromatic heterocycles. The number of esters is 1. The Morgan fingerprint density at radius 1 is 1.53 bits per heavy atom. The first-order chi connectivity index (χ1) is 9.11. The zero-order valence-corrected chi connectivity index (χ0v) is 10.5. The van der Waals surface area contributed by atoms with Crippen LogP contribution in [0.3, 0.4) is 0 Å². The lowest BCUT2D eigenvalue weighted by Crippen LogP contribution is -2.40. The minimum absolute atomic E-state index is 0.206. The first-order valence-electron chi connectivity index (χ1n) is 5.82. The number of aromatic hydroxyl groups is 1. The van der Waals surface area contributed by atoms with E-state index in [1.807, 2.05) is 0 Å². The van der Waals surface area contributed by atoms with Crippen molar-refractivity contribution in [2.24, 2.45) is 0 Å². The van der Waals surface area contributed by atoms with Gasteiger partial charge in [-0.1, -0.05) is 0 Å². The average Bonchev–Trinajstić information content (AvgIpc) is 2.42. The second-order valence-corrected chi connectivity index (χ2v) is 4.01. The van der Waals surface area contributed by atoms with E-state index in [2.05, 4.69) is 9.72 Å². The van der Waals surface area contributed by atoms with Gasteiger partial charge in [0.1, 0.15) is 6.54 Å². The van der Waals surface area contributed by atoms with Gasteiger partial charge in [-0.15, -0.1) is 0 Å². The number of ether oxygens (including phenoxy) is 2. The molecular weight excluding hydrogens is 254 g/mol. The highest BCUT2D eigenvalue weighted by Crippen LogP contribution is 2.17. The molecule has 0 radical (unpaired) electrons. The third-order valence-electron chi connectivity index (χ3n) is 2.79. The lowest BCUT2D eigenvalue weighted by atomic mass is 10.4. The minimum atomic E-state index is -0.555. The first-order valence-corrected chi connectivity index (χ1v) is 5.82. The molecule has 1 aliphatic heterocycles. The van der Waals surface area contributed by atoms with Crippen LogP contribution in [0.5, 0.6) is 5.88 Å². The highest BCUT2D eigenvalue weighted by atomic mass is 16.5. The summed E-state index contributed by atoms with van der Waals surface area (Å²) in [5.41, 5.74) is -0.555. The van der Waals surface area contributed by atoms with Crippen molar-refractivity contribution in [3.63, 3.8) is 0 Å². The molecule has 0 spiro atoms. The minimum Gasteiger partial charge on any atom is -0.494 e. The van der Waals surface area contributed by atoms with Crippen LogP contribution in [-0.4, -0.2) is 54.0 Å². The third kappa shape index (κ3) is 3.02. The summed E-state index contributed by atoms with van der Waals surface area (Å²) in [5.74, 6) is -0.596. The fraction of sp³-hybridized carbons (Fsp3) is 0.545. The number of carbonyl (C=O) groups excluding carboxylic acids is 1. The van der Waals surface area contributed by atoms with Crippen LogP contribution in [0.4, 0.5) is 5.95 Å². The molecule has 1 N–H and O–H groups in total. The third-order valence-corrected chi connectivity index (χ3v) is 2.79. The van der Waals surface area contributed by atoms with Crippen molar-refractivity contribution in [1.82, 2.24) is 9.55 Å². The SMILES string of the molecule is COC(=O)Cn1c(O)cc(=O)nc1N1CCOCC1. The van der Waals surface area contributed by atoms with Gasteiger partial charge in [-0.05, 0) is 0 Å². The van der Waals surface area contributed by atoms with Gasteiger partial charge in [0.15, 0.2) is 5.88 Å². The molecule has 8 heteroatoms. The van der Waals surface area contributed by atoms with E-state index in [0.717, 1.165) is 6.07 Å². The van der Waals surface area contributed by atoms with Gasteiger partial charge < -0.3 is 19.5 Å². The number of aromatic nitrogens is 2. The lowest BCUT2D eigenvalue weighted by molar-refractivity contribution is -0.141. The van der Waals surface area contributed by atoms with Crippen LogP contribution in [0.1, 0.15) is 0 Å². The Morgan fingerprint density at radius 2 is 2.21 bits per heavy atom. The van der Waals surface area contributed by atoms with Crippen LogP contribution in [0, 0.1) is 0 Å². The zero-order valence-electron chi connectivity index (χ0n) is 10.5. The predicted molar refractivity (Wildman–Crippen MR) is 65.2 cm³/mol. The number of nitrogens with zero attached hydrogens (tertiary/aromatic N) is 3. The molecule has 0 amide bonds. The largest absolute Gasteiger partial charge is 0.494 e. The molecule has 0 saturated carbocycles. The summed E-state index contributed by atoms with van der Waals surface area (Å²) in [5, 5.41) is 9.80. The van der Waals surface area contributed by atoms with E-state index in [1.165, 1.54) is 11.7 Å². The van der Waals surface area contributed by atoms with Crippen molar-refractivity contribution in [2.45, 2.75) is 6.54 Å². The molecule has 2 rings (SSSR count). The van der Waals surface area contributed by atoms with E-state index in [-0.39, 0.29) is 18.4 Å². The summed E-state index contributed by atoms with van der Waals surface area (Å²) in [7, 11) is 1.25. The maximum Gasteiger partial charge on any atom is 0.325 e. The van der Waals surface area contributed by atoms with Crippen LogP contribution < -0.4 is 10.5 Å². The normalized spacial score (nSPS) is 15.3. The highest BCUT2D eigenvalue weighted by molar-refractivity contribution is 5.69. The summed E-state index contributed by atoms with van der Waals surface area (Å²) in [6.07, 6.45) is 0. The van der Waals surface area contributed by atoms with Crippen molar-refractivity contribution < 1.29 is 19.4 Å². The molecule has 2 heterocycles. The number of rotatable bonds is 3. The second-order valence-electron chi connectivity index (χ2n) is 4.01. The molecule has 0 unspecified atom stereocenters. The van der Waals surface area contributed by atoms with E-state index in [0.29, 0.717) is 26.3 Å². The summed E-state index contributed by atoms with van der Waals surface area (Å²) in [6.45, 7) is 1.88. The quantitative estimate of drug-likeness (QED) is 0.700. The molecule has 1 saturated heterocycles. The Bertz CT molecular complexity index is 522. The maximum atomic E-state index is 11.4. The molecule has 0 bridgehead atoms. The van der Waals surface area contributed by atoms with Crippen molar-refractivity contribution in [3.8, 4) is 5.88 Å². The van der Waals surface area contributed by atoms with E-state index in [9.17, 15) is 14.7 Å².